The summed E-state index contributed by atoms with van der Waals surface area (Å²) in [4.78, 5) is 9.68. The fraction of sp³-hybridized carbons (Fsp3) is 0.929. The van der Waals surface area contributed by atoms with Gasteiger partial charge in [0.25, 0.3) is 0 Å². The molecule has 0 aliphatic carbocycles. The van der Waals surface area contributed by atoms with Crippen LogP contribution in [0, 0.1) is 0 Å². The van der Waals surface area contributed by atoms with Gasteiger partial charge in [0.1, 0.15) is 0 Å². The maximum atomic E-state index is 5.40. The monoisotopic (exact) mass is 396 g/mol. The van der Waals surface area contributed by atoms with Gasteiger partial charge in [0.05, 0.1) is 19.8 Å². The summed E-state index contributed by atoms with van der Waals surface area (Å²) in [5.74, 6) is 1.10. The van der Waals surface area contributed by atoms with Gasteiger partial charge < -0.3 is 15.0 Å². The van der Waals surface area contributed by atoms with Gasteiger partial charge in [-0.25, -0.2) is 0 Å². The van der Waals surface area contributed by atoms with Crippen molar-refractivity contribution in [1.29, 1.82) is 0 Å². The van der Waals surface area contributed by atoms with E-state index in [9.17, 15) is 0 Å². The first kappa shape index (κ1) is 18.0. The van der Waals surface area contributed by atoms with Gasteiger partial charge >= 0.3 is 0 Å². The lowest BCUT2D eigenvalue weighted by atomic mass is 10.2. The van der Waals surface area contributed by atoms with Gasteiger partial charge in [-0.1, -0.05) is 0 Å². The van der Waals surface area contributed by atoms with Crippen LogP contribution < -0.4 is 5.32 Å². The number of guanidine groups is 1. The molecule has 1 atom stereocenters. The number of rotatable bonds is 4. The molecular formula is C14H29IN4O. The number of halogens is 1. The van der Waals surface area contributed by atoms with Gasteiger partial charge in [-0.2, -0.15) is 0 Å². The van der Waals surface area contributed by atoms with Crippen molar-refractivity contribution in [3.63, 3.8) is 0 Å². The standard InChI is InChI=1S/C14H28N4O.HI/c1-3-15-14(18-6-4-5-7-18)16-12-13(2)17-8-10-19-11-9-17;/h13H,3-12H2,1-2H3,(H,15,16);1H. The molecule has 0 aromatic carbocycles. The lowest BCUT2D eigenvalue weighted by Crippen LogP contribution is -2.45. The summed E-state index contributed by atoms with van der Waals surface area (Å²) in [6.45, 7) is 12.3. The number of ether oxygens (including phenoxy) is 1. The lowest BCUT2D eigenvalue weighted by molar-refractivity contribution is 0.0220. The minimum Gasteiger partial charge on any atom is -0.379 e. The third kappa shape index (κ3) is 5.37. The van der Waals surface area contributed by atoms with E-state index in [1.807, 2.05) is 0 Å². The Morgan fingerprint density at radius 3 is 2.45 bits per heavy atom. The number of morpholine rings is 1. The van der Waals surface area contributed by atoms with E-state index in [0.717, 1.165) is 58.4 Å². The van der Waals surface area contributed by atoms with E-state index < -0.39 is 0 Å². The zero-order valence-electron chi connectivity index (χ0n) is 12.8. The highest BCUT2D eigenvalue weighted by molar-refractivity contribution is 14.0. The fourth-order valence-corrected chi connectivity index (χ4v) is 2.71. The molecule has 0 bridgehead atoms. The van der Waals surface area contributed by atoms with Gasteiger partial charge in [-0.15, -0.1) is 24.0 Å². The Kier molecular flexibility index (Phi) is 8.79. The van der Waals surface area contributed by atoms with Crippen LogP contribution in [0.1, 0.15) is 26.7 Å². The van der Waals surface area contributed by atoms with E-state index in [1.54, 1.807) is 0 Å². The Labute approximate surface area is 140 Å². The van der Waals surface area contributed by atoms with Crippen LogP contribution in [0.5, 0.6) is 0 Å². The third-order valence-corrected chi connectivity index (χ3v) is 3.91. The van der Waals surface area contributed by atoms with E-state index >= 15 is 0 Å². The van der Waals surface area contributed by atoms with Gasteiger partial charge in [0.2, 0.25) is 0 Å². The summed E-state index contributed by atoms with van der Waals surface area (Å²) in [5.41, 5.74) is 0. The molecule has 0 spiro atoms. The third-order valence-electron chi connectivity index (χ3n) is 3.91. The van der Waals surface area contributed by atoms with Crippen LogP contribution in [-0.4, -0.2) is 74.3 Å². The van der Waals surface area contributed by atoms with E-state index in [0.29, 0.717) is 6.04 Å². The first-order valence-corrected chi connectivity index (χ1v) is 7.66. The normalized spacial score (nSPS) is 22.5. The van der Waals surface area contributed by atoms with Gasteiger partial charge in [-0.3, -0.25) is 9.89 Å². The molecule has 2 rings (SSSR count). The molecular weight excluding hydrogens is 367 g/mol. The highest BCUT2D eigenvalue weighted by Crippen LogP contribution is 2.08. The highest BCUT2D eigenvalue weighted by Gasteiger charge is 2.19. The zero-order chi connectivity index (χ0) is 13.5. The SMILES string of the molecule is CCNC(=NCC(C)N1CCOCC1)N1CCCC1.I. The average Bonchev–Trinajstić information content (AvgIpc) is 2.98. The molecule has 0 saturated carbocycles. The second kappa shape index (κ2) is 9.78. The topological polar surface area (TPSA) is 40.1 Å². The van der Waals surface area contributed by atoms with Crippen LogP contribution in [0.15, 0.2) is 4.99 Å². The van der Waals surface area contributed by atoms with Crippen molar-refractivity contribution in [3.05, 3.63) is 0 Å². The zero-order valence-corrected chi connectivity index (χ0v) is 15.1. The summed E-state index contributed by atoms with van der Waals surface area (Å²) in [6, 6.07) is 0.500. The highest BCUT2D eigenvalue weighted by atomic mass is 127. The maximum Gasteiger partial charge on any atom is 0.193 e. The molecule has 2 saturated heterocycles. The Balaban J connectivity index is 0.00000200. The minimum absolute atomic E-state index is 0. The summed E-state index contributed by atoms with van der Waals surface area (Å²) in [5, 5.41) is 3.42. The van der Waals surface area contributed by atoms with Gasteiger partial charge in [-0.05, 0) is 26.7 Å². The van der Waals surface area contributed by atoms with Crippen molar-refractivity contribution in [1.82, 2.24) is 15.1 Å². The molecule has 1 N–H and O–H groups in total. The number of hydrogen-bond donors (Lipinski definition) is 1. The number of nitrogens with zero attached hydrogens (tertiary/aromatic N) is 3. The molecule has 0 aromatic rings. The molecule has 2 aliphatic rings. The van der Waals surface area contributed by atoms with Crippen LogP contribution in [-0.2, 0) is 4.74 Å². The first-order chi connectivity index (χ1) is 9.31. The smallest absolute Gasteiger partial charge is 0.193 e. The molecule has 0 amide bonds. The summed E-state index contributed by atoms with van der Waals surface area (Å²) < 4.78 is 5.40. The van der Waals surface area contributed by atoms with Gasteiger partial charge in [0.15, 0.2) is 5.96 Å². The van der Waals surface area contributed by atoms with Crippen molar-refractivity contribution in [2.45, 2.75) is 32.7 Å². The predicted octanol–water partition coefficient (Wildman–Crippen LogP) is 1.39. The molecule has 1 unspecified atom stereocenters. The molecule has 0 aromatic heterocycles. The molecule has 2 fully saturated rings. The Morgan fingerprint density at radius 1 is 1.20 bits per heavy atom. The fourth-order valence-electron chi connectivity index (χ4n) is 2.71. The minimum atomic E-state index is 0. The second-order valence-corrected chi connectivity index (χ2v) is 5.39. The number of nitrogens with one attached hydrogen (secondary N) is 1. The number of aliphatic imine (C=N–C) groups is 1. The van der Waals surface area contributed by atoms with Crippen molar-refractivity contribution in [2.24, 2.45) is 4.99 Å². The molecule has 5 nitrogen and oxygen atoms in total. The molecule has 118 valence electrons. The lowest BCUT2D eigenvalue weighted by Gasteiger charge is -2.31. The molecule has 20 heavy (non-hydrogen) atoms. The largest absolute Gasteiger partial charge is 0.379 e. The number of likely N-dealkylation sites (tertiary alicyclic amines) is 1. The van der Waals surface area contributed by atoms with Crippen LogP contribution in [0.3, 0.4) is 0 Å². The summed E-state index contributed by atoms with van der Waals surface area (Å²) in [6.07, 6.45) is 2.59. The Hall–Kier alpha value is -0.0800. The van der Waals surface area contributed by atoms with Crippen LogP contribution in [0.4, 0.5) is 0 Å². The first-order valence-electron chi connectivity index (χ1n) is 7.66. The van der Waals surface area contributed by atoms with Crippen LogP contribution in [0.2, 0.25) is 0 Å². The predicted molar refractivity (Wildman–Crippen MR) is 94.1 cm³/mol. The number of hydrogen-bond acceptors (Lipinski definition) is 3. The molecule has 6 heteroatoms. The summed E-state index contributed by atoms with van der Waals surface area (Å²) >= 11 is 0. The summed E-state index contributed by atoms with van der Waals surface area (Å²) in [7, 11) is 0. The van der Waals surface area contributed by atoms with Crippen molar-refractivity contribution in [2.75, 3.05) is 52.5 Å². The van der Waals surface area contributed by atoms with E-state index in [2.05, 4.69) is 29.0 Å². The molecule has 2 heterocycles. The van der Waals surface area contributed by atoms with Gasteiger partial charge in [0, 0.05) is 38.8 Å². The van der Waals surface area contributed by atoms with Crippen molar-refractivity contribution >= 4 is 29.9 Å². The second-order valence-electron chi connectivity index (χ2n) is 5.39. The average molecular weight is 396 g/mol. The van der Waals surface area contributed by atoms with Crippen molar-refractivity contribution in [3.8, 4) is 0 Å². The van der Waals surface area contributed by atoms with E-state index in [1.165, 1.54) is 12.8 Å². The van der Waals surface area contributed by atoms with E-state index in [-0.39, 0.29) is 24.0 Å². The Morgan fingerprint density at radius 2 is 1.85 bits per heavy atom. The maximum absolute atomic E-state index is 5.40. The van der Waals surface area contributed by atoms with E-state index in [4.69, 9.17) is 9.73 Å². The van der Waals surface area contributed by atoms with Crippen LogP contribution >= 0.6 is 24.0 Å². The van der Waals surface area contributed by atoms with Crippen LogP contribution in [0.25, 0.3) is 0 Å². The Bertz CT molecular complexity index is 289. The quantitative estimate of drug-likeness (QED) is 0.443. The molecule has 0 radical (unpaired) electrons. The molecule has 2 aliphatic heterocycles. The van der Waals surface area contributed by atoms with Crippen molar-refractivity contribution < 1.29 is 4.74 Å².